The van der Waals surface area contributed by atoms with E-state index in [-0.39, 0.29) is 5.82 Å². The summed E-state index contributed by atoms with van der Waals surface area (Å²) in [5.41, 5.74) is -0.613. The standard InChI is InChI=1S/C18H20F2N4O/c1-24-10-8-12(9-11-24)21-15-6-3-7-16(22-15)23-18(25)17-13(19)4-2-5-14(17)20/h2-7,12H,8-11H2,1H3,(H2,21,22,23,25). The fraction of sp³-hybridized carbons (Fsp3) is 0.333. The lowest BCUT2D eigenvalue weighted by Crippen LogP contribution is -2.36. The van der Waals surface area contributed by atoms with Gasteiger partial charge in [-0.05, 0) is 57.2 Å². The molecular formula is C18H20F2N4O. The molecule has 1 aromatic carbocycles. The van der Waals surface area contributed by atoms with E-state index in [0.717, 1.165) is 38.1 Å². The lowest BCUT2D eigenvalue weighted by molar-refractivity contribution is 0.101. The maximum absolute atomic E-state index is 13.7. The van der Waals surface area contributed by atoms with Crippen molar-refractivity contribution in [2.45, 2.75) is 18.9 Å². The minimum absolute atomic E-state index is 0.241. The molecule has 1 aromatic heterocycles. The summed E-state index contributed by atoms with van der Waals surface area (Å²) in [6.07, 6.45) is 2.02. The molecule has 1 fully saturated rings. The van der Waals surface area contributed by atoms with E-state index in [1.54, 1.807) is 18.2 Å². The molecule has 0 unspecified atom stereocenters. The van der Waals surface area contributed by atoms with Gasteiger partial charge in [-0.2, -0.15) is 0 Å². The van der Waals surface area contributed by atoms with Crippen LogP contribution in [0.15, 0.2) is 36.4 Å². The van der Waals surface area contributed by atoms with Gasteiger partial charge in [0.05, 0.1) is 0 Å². The number of nitrogens with one attached hydrogen (secondary N) is 2. The zero-order chi connectivity index (χ0) is 17.8. The fourth-order valence-corrected chi connectivity index (χ4v) is 2.84. The Morgan fingerprint density at radius 2 is 1.68 bits per heavy atom. The number of piperidine rings is 1. The van der Waals surface area contributed by atoms with Gasteiger partial charge in [0.1, 0.15) is 28.8 Å². The Labute approximate surface area is 145 Å². The van der Waals surface area contributed by atoms with Crippen LogP contribution in [0.1, 0.15) is 23.2 Å². The molecule has 1 aliphatic rings. The van der Waals surface area contributed by atoms with Crippen LogP contribution in [0.25, 0.3) is 0 Å². The molecule has 1 saturated heterocycles. The first-order valence-corrected chi connectivity index (χ1v) is 8.20. The van der Waals surface area contributed by atoms with Crippen molar-refractivity contribution in [1.82, 2.24) is 9.88 Å². The van der Waals surface area contributed by atoms with Crippen LogP contribution in [0.5, 0.6) is 0 Å². The fourth-order valence-electron chi connectivity index (χ4n) is 2.84. The van der Waals surface area contributed by atoms with E-state index in [1.807, 2.05) is 0 Å². The third-order valence-corrected chi connectivity index (χ3v) is 4.25. The zero-order valence-corrected chi connectivity index (χ0v) is 13.9. The van der Waals surface area contributed by atoms with Gasteiger partial charge in [-0.25, -0.2) is 13.8 Å². The van der Waals surface area contributed by atoms with Crippen molar-refractivity contribution in [2.24, 2.45) is 0 Å². The normalized spacial score (nSPS) is 15.8. The summed E-state index contributed by atoms with van der Waals surface area (Å²) in [5.74, 6) is -1.80. The van der Waals surface area contributed by atoms with E-state index in [4.69, 9.17) is 0 Å². The summed E-state index contributed by atoms with van der Waals surface area (Å²) in [6.45, 7) is 2.03. The average molecular weight is 346 g/mol. The van der Waals surface area contributed by atoms with Crippen LogP contribution in [0.2, 0.25) is 0 Å². The highest BCUT2D eigenvalue weighted by Crippen LogP contribution is 2.18. The van der Waals surface area contributed by atoms with Crippen LogP contribution in [0, 0.1) is 11.6 Å². The SMILES string of the molecule is CN1CCC(Nc2cccc(NC(=O)c3c(F)cccc3F)n2)CC1. The highest BCUT2D eigenvalue weighted by atomic mass is 19.1. The summed E-state index contributed by atoms with van der Waals surface area (Å²) in [5, 5.41) is 5.79. The van der Waals surface area contributed by atoms with Crippen LogP contribution in [0.3, 0.4) is 0 Å². The lowest BCUT2D eigenvalue weighted by atomic mass is 10.1. The van der Waals surface area contributed by atoms with Crippen molar-refractivity contribution in [1.29, 1.82) is 0 Å². The minimum Gasteiger partial charge on any atom is -0.367 e. The largest absolute Gasteiger partial charge is 0.367 e. The van der Waals surface area contributed by atoms with Gasteiger partial charge in [0.15, 0.2) is 0 Å². The molecule has 5 nitrogen and oxygen atoms in total. The minimum atomic E-state index is -0.905. The molecule has 3 rings (SSSR count). The third kappa shape index (κ3) is 4.30. The first kappa shape index (κ1) is 17.3. The number of aromatic nitrogens is 1. The number of hydrogen-bond acceptors (Lipinski definition) is 4. The smallest absolute Gasteiger partial charge is 0.262 e. The van der Waals surface area contributed by atoms with Crippen LogP contribution >= 0.6 is 0 Å². The molecule has 2 heterocycles. The first-order valence-electron chi connectivity index (χ1n) is 8.20. The Morgan fingerprint density at radius 1 is 1.08 bits per heavy atom. The Balaban J connectivity index is 1.68. The van der Waals surface area contributed by atoms with Crippen LogP contribution in [0.4, 0.5) is 20.4 Å². The molecule has 0 atom stereocenters. The van der Waals surface area contributed by atoms with Crippen LogP contribution in [-0.4, -0.2) is 42.0 Å². The molecule has 7 heteroatoms. The van der Waals surface area contributed by atoms with Crippen LogP contribution < -0.4 is 10.6 Å². The number of carbonyl (C=O) groups is 1. The molecule has 132 valence electrons. The molecule has 0 radical (unpaired) electrons. The molecule has 0 bridgehead atoms. The summed E-state index contributed by atoms with van der Waals surface area (Å²) in [7, 11) is 2.09. The van der Waals surface area contributed by atoms with Gasteiger partial charge < -0.3 is 15.5 Å². The van der Waals surface area contributed by atoms with Gasteiger partial charge in [0.2, 0.25) is 0 Å². The number of amides is 1. The molecule has 25 heavy (non-hydrogen) atoms. The van der Waals surface area contributed by atoms with Crippen molar-refractivity contribution < 1.29 is 13.6 Å². The monoisotopic (exact) mass is 346 g/mol. The maximum atomic E-state index is 13.7. The third-order valence-electron chi connectivity index (χ3n) is 4.25. The maximum Gasteiger partial charge on any atom is 0.262 e. The van der Waals surface area contributed by atoms with E-state index in [1.165, 1.54) is 6.07 Å². The summed E-state index contributed by atoms with van der Waals surface area (Å²) in [6, 6.07) is 8.74. The molecule has 2 N–H and O–H groups in total. The van der Waals surface area contributed by atoms with Gasteiger partial charge in [0.25, 0.3) is 5.91 Å². The summed E-state index contributed by atoms with van der Waals surface area (Å²) in [4.78, 5) is 18.7. The number of carbonyl (C=O) groups excluding carboxylic acids is 1. The Morgan fingerprint density at radius 3 is 2.36 bits per heavy atom. The highest BCUT2D eigenvalue weighted by molar-refractivity contribution is 6.04. The van der Waals surface area contributed by atoms with Gasteiger partial charge in [-0.15, -0.1) is 0 Å². The number of hydrogen-bond donors (Lipinski definition) is 2. The average Bonchev–Trinajstić information content (AvgIpc) is 2.57. The second kappa shape index (κ2) is 7.57. The summed E-state index contributed by atoms with van der Waals surface area (Å²) >= 11 is 0. The molecule has 1 amide bonds. The van der Waals surface area contributed by atoms with Gasteiger partial charge in [0, 0.05) is 6.04 Å². The molecule has 0 aliphatic carbocycles. The van der Waals surface area contributed by atoms with Crippen molar-refractivity contribution >= 4 is 17.5 Å². The van der Waals surface area contributed by atoms with Crippen molar-refractivity contribution in [3.8, 4) is 0 Å². The quantitative estimate of drug-likeness (QED) is 0.893. The Bertz CT molecular complexity index is 740. The molecule has 1 aliphatic heterocycles. The van der Waals surface area contributed by atoms with Crippen molar-refractivity contribution in [3.63, 3.8) is 0 Å². The number of likely N-dealkylation sites (tertiary alicyclic amines) is 1. The predicted molar refractivity (Wildman–Crippen MR) is 92.7 cm³/mol. The number of halogens is 2. The number of benzene rings is 1. The Kier molecular flexibility index (Phi) is 5.23. The van der Waals surface area contributed by atoms with E-state index in [0.29, 0.717) is 11.9 Å². The highest BCUT2D eigenvalue weighted by Gasteiger charge is 2.19. The first-order chi connectivity index (χ1) is 12.0. The van der Waals surface area contributed by atoms with Crippen molar-refractivity contribution in [3.05, 3.63) is 53.6 Å². The van der Waals surface area contributed by atoms with Crippen molar-refractivity contribution in [2.75, 3.05) is 30.8 Å². The van der Waals surface area contributed by atoms with E-state index >= 15 is 0 Å². The number of nitrogens with zero attached hydrogens (tertiary/aromatic N) is 2. The number of pyridine rings is 1. The van der Waals surface area contributed by atoms with Gasteiger partial charge in [-0.3, -0.25) is 4.79 Å². The van der Waals surface area contributed by atoms with E-state index in [9.17, 15) is 13.6 Å². The second-order valence-electron chi connectivity index (χ2n) is 6.18. The van der Waals surface area contributed by atoms with E-state index in [2.05, 4.69) is 27.6 Å². The topological polar surface area (TPSA) is 57.3 Å². The predicted octanol–water partition coefficient (Wildman–Crippen LogP) is 3.12. The zero-order valence-electron chi connectivity index (χ0n) is 13.9. The van der Waals surface area contributed by atoms with E-state index < -0.39 is 23.1 Å². The lowest BCUT2D eigenvalue weighted by Gasteiger charge is -2.29. The second-order valence-corrected chi connectivity index (χ2v) is 6.18. The van der Waals surface area contributed by atoms with Gasteiger partial charge >= 0.3 is 0 Å². The Hall–Kier alpha value is -2.54. The molecule has 0 saturated carbocycles. The number of anilines is 2. The molecule has 0 spiro atoms. The molecular weight excluding hydrogens is 326 g/mol. The van der Waals surface area contributed by atoms with Crippen LogP contribution in [-0.2, 0) is 0 Å². The molecule has 2 aromatic rings. The number of rotatable bonds is 4. The van der Waals surface area contributed by atoms with Gasteiger partial charge in [-0.1, -0.05) is 12.1 Å². The summed E-state index contributed by atoms with van der Waals surface area (Å²) < 4.78 is 27.4.